The molecule has 0 aliphatic rings. The van der Waals surface area contributed by atoms with Gasteiger partial charge in [0.25, 0.3) is 0 Å². The van der Waals surface area contributed by atoms with Gasteiger partial charge in [-0.1, -0.05) is 53.7 Å². The van der Waals surface area contributed by atoms with Crippen LogP contribution in [0.15, 0.2) is 36.4 Å². The van der Waals surface area contributed by atoms with Crippen LogP contribution in [-0.2, 0) is 10.8 Å². The fourth-order valence-electron chi connectivity index (χ4n) is 2.91. The molecule has 2 heteroatoms. The molecule has 0 spiro atoms. The minimum Gasteiger partial charge on any atom is -0.282 e. The molecule has 3 rings (SSSR count). The standard InChI is InChI=1S/C20H24IN/c1-19(2,3)13-7-9-17-15(11-13)16-12-14(20(4,5)6)8-10-18(16)22(17)21/h7-12H,1-6H3. The van der Waals surface area contributed by atoms with Crippen LogP contribution >= 0.6 is 22.9 Å². The van der Waals surface area contributed by atoms with Gasteiger partial charge in [0.05, 0.1) is 33.9 Å². The second-order valence-corrected chi connectivity index (χ2v) is 9.21. The summed E-state index contributed by atoms with van der Waals surface area (Å²) in [5.41, 5.74) is 5.74. The van der Waals surface area contributed by atoms with Gasteiger partial charge in [-0.25, -0.2) is 0 Å². The van der Waals surface area contributed by atoms with Gasteiger partial charge in [-0.15, -0.1) is 0 Å². The van der Waals surface area contributed by atoms with Gasteiger partial charge < -0.3 is 0 Å². The van der Waals surface area contributed by atoms with Crippen LogP contribution < -0.4 is 0 Å². The molecular weight excluding hydrogens is 381 g/mol. The quantitative estimate of drug-likeness (QED) is 0.372. The van der Waals surface area contributed by atoms with E-state index in [1.807, 2.05) is 0 Å². The minimum atomic E-state index is 0.176. The lowest BCUT2D eigenvalue weighted by atomic mass is 9.85. The SMILES string of the molecule is CC(C)(C)c1ccc2c(c1)c1cc(C(C)(C)C)ccc1n2I. The second-order valence-electron chi connectivity index (χ2n) is 8.24. The monoisotopic (exact) mass is 405 g/mol. The molecule has 3 aromatic rings. The first-order valence-electron chi connectivity index (χ1n) is 7.84. The summed E-state index contributed by atoms with van der Waals surface area (Å²) in [7, 11) is 0. The Morgan fingerprint density at radius 1 is 0.682 bits per heavy atom. The lowest BCUT2D eigenvalue weighted by Crippen LogP contribution is -2.10. The molecule has 0 saturated carbocycles. The Morgan fingerprint density at radius 2 is 1.05 bits per heavy atom. The van der Waals surface area contributed by atoms with E-state index >= 15 is 0 Å². The van der Waals surface area contributed by atoms with Gasteiger partial charge in [-0.05, 0) is 46.2 Å². The molecule has 0 aliphatic heterocycles. The summed E-state index contributed by atoms with van der Waals surface area (Å²) < 4.78 is 2.28. The zero-order chi connectivity index (χ0) is 16.3. The molecule has 22 heavy (non-hydrogen) atoms. The number of fused-ring (bicyclic) bond motifs is 3. The number of halogens is 1. The Kier molecular flexibility index (Phi) is 3.59. The fourth-order valence-corrected chi connectivity index (χ4v) is 3.75. The van der Waals surface area contributed by atoms with Crippen LogP contribution in [0.4, 0.5) is 0 Å². The molecule has 0 atom stereocenters. The van der Waals surface area contributed by atoms with E-state index in [1.54, 1.807) is 0 Å². The summed E-state index contributed by atoms with van der Waals surface area (Å²) in [6, 6.07) is 13.8. The zero-order valence-corrected chi connectivity index (χ0v) is 16.4. The Hall–Kier alpha value is -1.03. The third kappa shape index (κ3) is 2.55. The molecule has 0 fully saturated rings. The molecule has 0 amide bonds. The molecule has 0 radical (unpaired) electrons. The molecule has 0 aliphatic carbocycles. The van der Waals surface area contributed by atoms with Gasteiger partial charge in [0, 0.05) is 10.8 Å². The summed E-state index contributed by atoms with van der Waals surface area (Å²) >= 11 is 2.41. The highest BCUT2D eigenvalue weighted by Gasteiger charge is 2.19. The number of benzene rings is 2. The van der Waals surface area contributed by atoms with Crippen molar-refractivity contribution in [2.24, 2.45) is 0 Å². The predicted molar refractivity (Wildman–Crippen MR) is 106 cm³/mol. The normalized spacial score (nSPS) is 13.2. The maximum atomic E-state index is 2.41. The number of aromatic nitrogens is 1. The van der Waals surface area contributed by atoms with Crippen LogP contribution in [0.3, 0.4) is 0 Å². The molecule has 1 aromatic heterocycles. The highest BCUT2D eigenvalue weighted by Crippen LogP contribution is 2.36. The summed E-state index contributed by atoms with van der Waals surface area (Å²) in [5.74, 6) is 0. The van der Waals surface area contributed by atoms with Crippen LogP contribution in [0.25, 0.3) is 21.8 Å². The smallest absolute Gasteiger partial charge is 0.0646 e. The van der Waals surface area contributed by atoms with Crippen LogP contribution in [0.5, 0.6) is 0 Å². The molecular formula is C20H24IN. The van der Waals surface area contributed by atoms with Crippen molar-refractivity contribution in [3.8, 4) is 0 Å². The molecule has 1 heterocycles. The molecule has 0 bridgehead atoms. The Morgan fingerprint density at radius 3 is 1.36 bits per heavy atom. The number of nitrogens with zero attached hydrogens (tertiary/aromatic N) is 1. The summed E-state index contributed by atoms with van der Waals surface area (Å²) in [5, 5.41) is 2.73. The molecule has 1 nitrogen and oxygen atoms in total. The van der Waals surface area contributed by atoms with Crippen molar-refractivity contribution < 1.29 is 0 Å². The first-order valence-corrected chi connectivity index (χ1v) is 8.81. The number of hydrogen-bond donors (Lipinski definition) is 0. The van der Waals surface area contributed by atoms with E-state index in [0.29, 0.717) is 0 Å². The maximum Gasteiger partial charge on any atom is 0.0646 e. The highest BCUT2D eigenvalue weighted by molar-refractivity contribution is 14.1. The topological polar surface area (TPSA) is 4.93 Å². The van der Waals surface area contributed by atoms with Crippen molar-refractivity contribution in [1.29, 1.82) is 0 Å². The Labute approximate surface area is 147 Å². The number of rotatable bonds is 0. The lowest BCUT2D eigenvalue weighted by Gasteiger charge is -2.19. The van der Waals surface area contributed by atoms with Gasteiger partial charge in [0.2, 0.25) is 0 Å². The van der Waals surface area contributed by atoms with Crippen LogP contribution in [0, 0.1) is 0 Å². The third-order valence-corrected chi connectivity index (χ3v) is 5.48. The first-order chi connectivity index (χ1) is 10.1. The molecule has 0 saturated heterocycles. The van der Waals surface area contributed by atoms with Crippen molar-refractivity contribution in [1.82, 2.24) is 2.78 Å². The van der Waals surface area contributed by atoms with Crippen molar-refractivity contribution in [3.63, 3.8) is 0 Å². The van der Waals surface area contributed by atoms with Crippen LogP contribution in [-0.4, -0.2) is 2.78 Å². The molecule has 2 aromatic carbocycles. The fraction of sp³-hybridized carbons (Fsp3) is 0.400. The van der Waals surface area contributed by atoms with E-state index in [2.05, 4.69) is 104 Å². The zero-order valence-electron chi connectivity index (χ0n) is 14.3. The van der Waals surface area contributed by atoms with Crippen LogP contribution in [0.2, 0.25) is 0 Å². The van der Waals surface area contributed by atoms with E-state index in [9.17, 15) is 0 Å². The minimum absolute atomic E-state index is 0.176. The maximum absolute atomic E-state index is 2.41. The number of hydrogen-bond acceptors (Lipinski definition) is 0. The molecule has 0 unspecified atom stereocenters. The van der Waals surface area contributed by atoms with Gasteiger partial charge in [0.15, 0.2) is 0 Å². The van der Waals surface area contributed by atoms with Crippen molar-refractivity contribution in [2.45, 2.75) is 52.4 Å². The average molecular weight is 405 g/mol. The van der Waals surface area contributed by atoms with E-state index in [4.69, 9.17) is 0 Å². The van der Waals surface area contributed by atoms with Gasteiger partial charge >= 0.3 is 0 Å². The van der Waals surface area contributed by atoms with E-state index in [0.717, 1.165) is 0 Å². The van der Waals surface area contributed by atoms with Crippen LogP contribution in [0.1, 0.15) is 52.7 Å². The van der Waals surface area contributed by atoms with Crippen molar-refractivity contribution in [3.05, 3.63) is 47.5 Å². The Bertz CT molecular complexity index is 786. The van der Waals surface area contributed by atoms with Crippen molar-refractivity contribution >= 4 is 44.7 Å². The van der Waals surface area contributed by atoms with E-state index in [1.165, 1.54) is 32.9 Å². The van der Waals surface area contributed by atoms with Gasteiger partial charge in [0.1, 0.15) is 0 Å². The highest BCUT2D eigenvalue weighted by atomic mass is 127. The van der Waals surface area contributed by atoms with Gasteiger partial charge in [-0.2, -0.15) is 0 Å². The second kappa shape index (κ2) is 4.98. The predicted octanol–water partition coefficient (Wildman–Crippen LogP) is 6.59. The largest absolute Gasteiger partial charge is 0.282 e. The third-order valence-electron chi connectivity index (χ3n) is 4.44. The first kappa shape index (κ1) is 15.9. The molecule has 116 valence electrons. The summed E-state index contributed by atoms with van der Waals surface area (Å²) in [6.07, 6.45) is 0. The average Bonchev–Trinajstić information content (AvgIpc) is 2.70. The van der Waals surface area contributed by atoms with Gasteiger partial charge in [-0.3, -0.25) is 2.78 Å². The van der Waals surface area contributed by atoms with E-state index < -0.39 is 0 Å². The Balaban J connectivity index is 2.38. The summed E-state index contributed by atoms with van der Waals surface area (Å²) in [4.78, 5) is 0. The molecule has 0 N–H and O–H groups in total. The van der Waals surface area contributed by atoms with Crippen molar-refractivity contribution in [2.75, 3.05) is 0 Å². The summed E-state index contributed by atoms with van der Waals surface area (Å²) in [6.45, 7) is 13.7. The lowest BCUT2D eigenvalue weighted by molar-refractivity contribution is 0.590. The van der Waals surface area contributed by atoms with E-state index in [-0.39, 0.29) is 10.8 Å².